The van der Waals surface area contributed by atoms with E-state index in [1.807, 2.05) is 18.2 Å². The minimum Gasteiger partial charge on any atom is -0.455 e. The van der Waals surface area contributed by atoms with Gasteiger partial charge in [0.2, 0.25) is 0 Å². The van der Waals surface area contributed by atoms with Gasteiger partial charge in [0.1, 0.15) is 11.2 Å². The van der Waals surface area contributed by atoms with Crippen LogP contribution in [-0.4, -0.2) is 15.0 Å². The number of benzene rings is 9. The van der Waals surface area contributed by atoms with Gasteiger partial charge in [-0.1, -0.05) is 188 Å². The number of nitrogens with zero attached hydrogens (tertiary/aromatic N) is 3. The van der Waals surface area contributed by atoms with E-state index in [1.165, 1.54) is 0 Å². The maximum atomic E-state index is 6.71. The number of fused-ring (bicyclic) bond motifs is 4. The van der Waals surface area contributed by atoms with Gasteiger partial charge in [-0.25, -0.2) is 15.0 Å². The molecule has 11 rings (SSSR count). The monoisotopic (exact) mass is 753 g/mol. The summed E-state index contributed by atoms with van der Waals surface area (Å²) in [6, 6.07) is 74.0. The van der Waals surface area contributed by atoms with E-state index in [2.05, 4.69) is 194 Å². The topological polar surface area (TPSA) is 51.8 Å². The predicted molar refractivity (Wildman–Crippen MR) is 243 cm³/mol. The van der Waals surface area contributed by atoms with E-state index in [0.29, 0.717) is 17.5 Å². The third kappa shape index (κ3) is 6.34. The molecule has 0 N–H and O–H groups in total. The van der Waals surface area contributed by atoms with E-state index in [-0.39, 0.29) is 0 Å². The third-order valence-electron chi connectivity index (χ3n) is 11.1. The Kier molecular flexibility index (Phi) is 8.45. The zero-order chi connectivity index (χ0) is 39.1. The average Bonchev–Trinajstić information content (AvgIpc) is 3.71. The van der Waals surface area contributed by atoms with Crippen molar-refractivity contribution in [2.45, 2.75) is 0 Å². The molecule has 2 heterocycles. The number of rotatable bonds is 7. The van der Waals surface area contributed by atoms with Crippen LogP contribution in [-0.2, 0) is 0 Å². The summed E-state index contributed by atoms with van der Waals surface area (Å²) < 4.78 is 6.71. The van der Waals surface area contributed by atoms with Crippen molar-refractivity contribution in [2.75, 3.05) is 0 Å². The number of aromatic nitrogens is 3. The summed E-state index contributed by atoms with van der Waals surface area (Å²) in [5.41, 5.74) is 12.9. The summed E-state index contributed by atoms with van der Waals surface area (Å²) in [6.07, 6.45) is 0. The van der Waals surface area contributed by atoms with Gasteiger partial charge in [-0.15, -0.1) is 0 Å². The second kappa shape index (κ2) is 14.5. The lowest BCUT2D eigenvalue weighted by Gasteiger charge is -2.19. The van der Waals surface area contributed by atoms with Crippen LogP contribution in [0.3, 0.4) is 0 Å². The standard InChI is InChI=1S/C55H35N3O/c1-4-15-36(16-5-1)39-27-30-41(31-28-39)53-56-54(43-32-29-38-19-10-11-22-42(38)33-43)58-55(57-53)49-35-44(37-17-6-2-7-18-37)34-48(51(49)40-20-8-3-9-21-40)47-25-14-24-46-45-23-12-13-26-50(45)59-52(46)47/h1-35H. The van der Waals surface area contributed by atoms with Crippen LogP contribution in [0, 0.1) is 0 Å². The number of hydrogen-bond donors (Lipinski definition) is 0. The molecule has 0 amide bonds. The van der Waals surface area contributed by atoms with Crippen LogP contribution in [0.4, 0.5) is 0 Å². The molecule has 276 valence electrons. The minimum atomic E-state index is 0.583. The summed E-state index contributed by atoms with van der Waals surface area (Å²) in [4.78, 5) is 16.0. The summed E-state index contributed by atoms with van der Waals surface area (Å²) in [5, 5.41) is 4.45. The normalized spacial score (nSPS) is 11.4. The Balaban J connectivity index is 1.21. The Morgan fingerprint density at radius 1 is 0.288 bits per heavy atom. The van der Waals surface area contributed by atoms with Gasteiger partial charge in [0, 0.05) is 38.6 Å². The first kappa shape index (κ1) is 34.3. The fourth-order valence-corrected chi connectivity index (χ4v) is 8.23. The van der Waals surface area contributed by atoms with Gasteiger partial charge in [0.25, 0.3) is 0 Å². The maximum Gasteiger partial charge on any atom is 0.164 e. The highest BCUT2D eigenvalue weighted by Gasteiger charge is 2.23. The lowest BCUT2D eigenvalue weighted by Crippen LogP contribution is -2.02. The molecule has 59 heavy (non-hydrogen) atoms. The highest BCUT2D eigenvalue weighted by atomic mass is 16.3. The molecular formula is C55H35N3O. The van der Waals surface area contributed by atoms with Crippen LogP contribution < -0.4 is 0 Å². The summed E-state index contributed by atoms with van der Waals surface area (Å²) in [5.74, 6) is 1.79. The van der Waals surface area contributed by atoms with Crippen molar-refractivity contribution < 1.29 is 4.42 Å². The van der Waals surface area contributed by atoms with Gasteiger partial charge in [-0.05, 0) is 68.4 Å². The average molecular weight is 754 g/mol. The molecule has 0 radical (unpaired) electrons. The van der Waals surface area contributed by atoms with Crippen LogP contribution in [0.15, 0.2) is 217 Å². The van der Waals surface area contributed by atoms with E-state index >= 15 is 0 Å². The Morgan fingerprint density at radius 2 is 0.814 bits per heavy atom. The molecule has 0 fully saturated rings. The zero-order valence-electron chi connectivity index (χ0n) is 32.0. The summed E-state index contributed by atoms with van der Waals surface area (Å²) >= 11 is 0. The van der Waals surface area contributed by atoms with E-state index in [0.717, 1.165) is 93.9 Å². The molecule has 4 nitrogen and oxygen atoms in total. The van der Waals surface area contributed by atoms with Crippen molar-refractivity contribution in [1.82, 2.24) is 15.0 Å². The van der Waals surface area contributed by atoms with Gasteiger partial charge < -0.3 is 4.42 Å². The van der Waals surface area contributed by atoms with Crippen LogP contribution in [0.5, 0.6) is 0 Å². The molecule has 0 unspecified atom stereocenters. The van der Waals surface area contributed by atoms with Gasteiger partial charge in [0.05, 0.1) is 0 Å². The van der Waals surface area contributed by atoms with Crippen molar-refractivity contribution in [3.05, 3.63) is 212 Å². The van der Waals surface area contributed by atoms with Crippen molar-refractivity contribution in [1.29, 1.82) is 0 Å². The highest BCUT2D eigenvalue weighted by molar-refractivity contribution is 6.12. The van der Waals surface area contributed by atoms with Crippen LogP contribution >= 0.6 is 0 Å². The number of hydrogen-bond acceptors (Lipinski definition) is 4. The van der Waals surface area contributed by atoms with Crippen molar-refractivity contribution in [3.63, 3.8) is 0 Å². The van der Waals surface area contributed by atoms with Gasteiger partial charge in [-0.2, -0.15) is 0 Å². The second-order valence-electron chi connectivity index (χ2n) is 14.8. The van der Waals surface area contributed by atoms with E-state index < -0.39 is 0 Å². The molecule has 0 aliphatic carbocycles. The quantitative estimate of drug-likeness (QED) is 0.163. The lowest BCUT2D eigenvalue weighted by molar-refractivity contribution is 0.670. The third-order valence-corrected chi connectivity index (χ3v) is 11.1. The molecule has 4 heteroatoms. The molecule has 0 bridgehead atoms. The first-order valence-electron chi connectivity index (χ1n) is 19.8. The Bertz CT molecular complexity index is 3300. The van der Waals surface area contributed by atoms with Gasteiger partial charge >= 0.3 is 0 Å². The van der Waals surface area contributed by atoms with Gasteiger partial charge in [-0.3, -0.25) is 0 Å². The molecule has 0 atom stereocenters. The predicted octanol–water partition coefficient (Wildman–Crippen LogP) is 14.6. The van der Waals surface area contributed by atoms with E-state index in [1.54, 1.807) is 0 Å². The SMILES string of the molecule is c1ccc(-c2ccc(-c3nc(-c4ccc5ccccc5c4)nc(-c4cc(-c5ccccc5)cc(-c5cccc6c5oc5ccccc56)c4-c4ccccc4)n3)cc2)cc1. The minimum absolute atomic E-state index is 0.583. The smallest absolute Gasteiger partial charge is 0.164 e. The first-order valence-corrected chi connectivity index (χ1v) is 19.8. The molecule has 0 aliphatic rings. The summed E-state index contributed by atoms with van der Waals surface area (Å²) in [7, 11) is 0. The molecular weight excluding hydrogens is 719 g/mol. The van der Waals surface area contributed by atoms with Crippen molar-refractivity contribution in [2.24, 2.45) is 0 Å². The zero-order valence-corrected chi connectivity index (χ0v) is 32.0. The lowest BCUT2D eigenvalue weighted by atomic mass is 9.86. The van der Waals surface area contributed by atoms with E-state index in [9.17, 15) is 0 Å². The van der Waals surface area contributed by atoms with Crippen LogP contribution in [0.25, 0.3) is 111 Å². The molecule has 2 aromatic heterocycles. The Labute approximate surface area is 341 Å². The molecule has 0 saturated heterocycles. The fourth-order valence-electron chi connectivity index (χ4n) is 8.23. The fraction of sp³-hybridized carbons (Fsp3) is 0. The second-order valence-corrected chi connectivity index (χ2v) is 14.8. The molecule has 9 aromatic carbocycles. The van der Waals surface area contributed by atoms with Crippen molar-refractivity contribution >= 4 is 32.7 Å². The Hall–Kier alpha value is -7.95. The highest BCUT2D eigenvalue weighted by Crippen LogP contribution is 2.46. The van der Waals surface area contributed by atoms with Crippen molar-refractivity contribution in [3.8, 4) is 78.7 Å². The van der Waals surface area contributed by atoms with Crippen LogP contribution in [0.1, 0.15) is 0 Å². The number of furan rings is 1. The first-order chi connectivity index (χ1) is 29.2. The Morgan fingerprint density at radius 3 is 1.56 bits per heavy atom. The maximum absolute atomic E-state index is 6.71. The molecule has 11 aromatic rings. The molecule has 0 spiro atoms. The van der Waals surface area contributed by atoms with Crippen LogP contribution in [0.2, 0.25) is 0 Å². The molecule has 0 aliphatic heterocycles. The largest absolute Gasteiger partial charge is 0.455 e. The van der Waals surface area contributed by atoms with E-state index in [4.69, 9.17) is 19.4 Å². The molecule has 0 saturated carbocycles. The number of para-hydroxylation sites is 2. The summed E-state index contributed by atoms with van der Waals surface area (Å²) in [6.45, 7) is 0. The van der Waals surface area contributed by atoms with Gasteiger partial charge in [0.15, 0.2) is 17.5 Å².